The molecule has 0 atom stereocenters. The standard InChI is InChI=1S/C20H15Cl2N5O2/c21-13-8-7-12(10-14(13)22)27-19-17(26-20(27)29)16(18(23)28)24-15(25-19)9-6-11-4-2-1-3-5-11/h1-5,7-8,10H,6,9H2,(H2,23,28)(H,26,29). The first-order chi connectivity index (χ1) is 13.9. The van der Waals surface area contributed by atoms with E-state index in [2.05, 4.69) is 15.0 Å². The number of imidazole rings is 1. The lowest BCUT2D eigenvalue weighted by atomic mass is 10.1. The van der Waals surface area contributed by atoms with E-state index in [-0.39, 0.29) is 16.9 Å². The molecule has 0 unspecified atom stereocenters. The molecule has 0 aliphatic rings. The Hall–Kier alpha value is -3.16. The van der Waals surface area contributed by atoms with E-state index >= 15 is 0 Å². The van der Waals surface area contributed by atoms with Crippen LogP contribution in [0.25, 0.3) is 16.9 Å². The summed E-state index contributed by atoms with van der Waals surface area (Å²) in [5.74, 6) is -0.344. The minimum absolute atomic E-state index is 0.0334. The molecule has 3 N–H and O–H groups in total. The molecule has 9 heteroatoms. The molecule has 1 amide bonds. The third-order valence-electron chi connectivity index (χ3n) is 4.46. The number of carbonyl (C=O) groups excluding carboxylic acids is 1. The maximum Gasteiger partial charge on any atom is 0.332 e. The Balaban J connectivity index is 1.85. The molecule has 4 rings (SSSR count). The van der Waals surface area contributed by atoms with Gasteiger partial charge in [0.1, 0.15) is 11.3 Å². The highest BCUT2D eigenvalue weighted by Crippen LogP contribution is 2.25. The number of halogens is 2. The van der Waals surface area contributed by atoms with Crippen LogP contribution in [-0.4, -0.2) is 25.4 Å². The van der Waals surface area contributed by atoms with Gasteiger partial charge < -0.3 is 10.7 Å². The number of nitrogens with zero attached hydrogens (tertiary/aromatic N) is 3. The third-order valence-corrected chi connectivity index (χ3v) is 5.20. The number of carbonyl (C=O) groups is 1. The summed E-state index contributed by atoms with van der Waals surface area (Å²) in [6, 6.07) is 14.6. The van der Waals surface area contributed by atoms with Gasteiger partial charge in [-0.05, 0) is 30.2 Å². The lowest BCUT2D eigenvalue weighted by molar-refractivity contribution is 0.0996. The van der Waals surface area contributed by atoms with Crippen LogP contribution in [-0.2, 0) is 12.8 Å². The fourth-order valence-electron chi connectivity index (χ4n) is 3.08. The first kappa shape index (κ1) is 19.2. The number of H-pyrrole nitrogens is 1. The normalized spacial score (nSPS) is 11.1. The lowest BCUT2D eigenvalue weighted by Gasteiger charge is -2.07. The molecule has 2 heterocycles. The molecule has 7 nitrogen and oxygen atoms in total. The van der Waals surface area contributed by atoms with Gasteiger partial charge in [0.15, 0.2) is 11.3 Å². The van der Waals surface area contributed by atoms with Gasteiger partial charge in [-0.1, -0.05) is 53.5 Å². The number of benzene rings is 2. The Kier molecular flexibility index (Phi) is 5.08. The average molecular weight is 428 g/mol. The summed E-state index contributed by atoms with van der Waals surface area (Å²) < 4.78 is 1.32. The number of hydrogen-bond donors (Lipinski definition) is 2. The number of primary amides is 1. The summed E-state index contributed by atoms with van der Waals surface area (Å²) in [6.07, 6.45) is 1.15. The van der Waals surface area contributed by atoms with Crippen LogP contribution in [0.4, 0.5) is 0 Å². The number of rotatable bonds is 5. The zero-order valence-electron chi connectivity index (χ0n) is 15.0. The molecule has 29 heavy (non-hydrogen) atoms. The van der Waals surface area contributed by atoms with E-state index in [0.717, 1.165) is 5.56 Å². The first-order valence-corrected chi connectivity index (χ1v) is 9.50. The molecular formula is C20H15Cl2N5O2. The summed E-state index contributed by atoms with van der Waals surface area (Å²) >= 11 is 12.1. The van der Waals surface area contributed by atoms with E-state index in [1.54, 1.807) is 18.2 Å². The smallest absolute Gasteiger partial charge is 0.332 e. The Labute approximate surface area is 175 Å². The Morgan fingerprint density at radius 3 is 2.48 bits per heavy atom. The lowest BCUT2D eigenvalue weighted by Crippen LogP contribution is -2.16. The third kappa shape index (κ3) is 3.74. The topological polar surface area (TPSA) is 107 Å². The van der Waals surface area contributed by atoms with E-state index in [9.17, 15) is 9.59 Å². The summed E-state index contributed by atoms with van der Waals surface area (Å²) in [7, 11) is 0. The number of nitrogens with two attached hydrogens (primary N) is 1. The van der Waals surface area contributed by atoms with Crippen molar-refractivity contribution in [3.05, 3.63) is 86.1 Å². The van der Waals surface area contributed by atoms with Gasteiger partial charge in [-0.3, -0.25) is 4.79 Å². The second-order valence-electron chi connectivity index (χ2n) is 6.40. The predicted molar refractivity (Wildman–Crippen MR) is 112 cm³/mol. The molecule has 146 valence electrons. The SMILES string of the molecule is NC(=O)c1nc(CCc2ccccc2)nc2c1[nH]c(=O)n2-c1ccc(Cl)c(Cl)c1. The molecule has 0 spiro atoms. The summed E-state index contributed by atoms with van der Waals surface area (Å²) in [4.78, 5) is 36.0. The second kappa shape index (κ2) is 7.69. The van der Waals surface area contributed by atoms with Crippen molar-refractivity contribution >= 4 is 40.3 Å². The van der Waals surface area contributed by atoms with Gasteiger partial charge in [-0.15, -0.1) is 0 Å². The fourth-order valence-corrected chi connectivity index (χ4v) is 3.38. The van der Waals surface area contributed by atoms with Gasteiger partial charge in [-0.2, -0.15) is 0 Å². The quantitative estimate of drug-likeness (QED) is 0.509. The van der Waals surface area contributed by atoms with Crippen molar-refractivity contribution in [3.63, 3.8) is 0 Å². The summed E-state index contributed by atoms with van der Waals surface area (Å²) in [6.45, 7) is 0. The zero-order valence-corrected chi connectivity index (χ0v) is 16.5. The molecule has 0 saturated heterocycles. The molecule has 0 bridgehead atoms. The van der Waals surface area contributed by atoms with Gasteiger partial charge in [-0.25, -0.2) is 19.3 Å². The number of nitrogens with one attached hydrogen (secondary N) is 1. The molecule has 0 saturated carbocycles. The number of hydrogen-bond acceptors (Lipinski definition) is 4. The second-order valence-corrected chi connectivity index (χ2v) is 7.22. The minimum atomic E-state index is -0.749. The Morgan fingerprint density at radius 2 is 1.79 bits per heavy atom. The van der Waals surface area contributed by atoms with Crippen LogP contribution in [0.3, 0.4) is 0 Å². The Bertz CT molecular complexity index is 1280. The highest BCUT2D eigenvalue weighted by atomic mass is 35.5. The predicted octanol–water partition coefficient (Wildman–Crippen LogP) is 3.30. The average Bonchev–Trinajstić information content (AvgIpc) is 3.04. The molecule has 0 fully saturated rings. The van der Waals surface area contributed by atoms with E-state index in [1.807, 2.05) is 30.3 Å². The van der Waals surface area contributed by atoms with Crippen LogP contribution >= 0.6 is 23.2 Å². The number of aromatic amines is 1. The van der Waals surface area contributed by atoms with Gasteiger partial charge in [0.05, 0.1) is 15.7 Å². The summed E-state index contributed by atoms with van der Waals surface area (Å²) in [5.41, 5.74) is 6.96. The van der Waals surface area contributed by atoms with Crippen molar-refractivity contribution in [1.82, 2.24) is 19.5 Å². The van der Waals surface area contributed by atoms with Crippen molar-refractivity contribution < 1.29 is 4.79 Å². The number of fused-ring (bicyclic) bond motifs is 1. The highest BCUT2D eigenvalue weighted by Gasteiger charge is 2.20. The minimum Gasteiger partial charge on any atom is -0.364 e. The molecule has 0 aliphatic heterocycles. The first-order valence-electron chi connectivity index (χ1n) is 8.75. The molecule has 0 aliphatic carbocycles. The molecule has 0 radical (unpaired) electrons. The monoisotopic (exact) mass is 427 g/mol. The van der Waals surface area contributed by atoms with Crippen LogP contribution in [0.5, 0.6) is 0 Å². The van der Waals surface area contributed by atoms with Crippen molar-refractivity contribution in [2.45, 2.75) is 12.8 Å². The number of aromatic nitrogens is 4. The highest BCUT2D eigenvalue weighted by molar-refractivity contribution is 6.42. The van der Waals surface area contributed by atoms with Crippen LogP contribution in [0.15, 0.2) is 53.3 Å². The van der Waals surface area contributed by atoms with E-state index in [0.29, 0.717) is 34.4 Å². The van der Waals surface area contributed by atoms with Gasteiger partial charge >= 0.3 is 5.69 Å². The van der Waals surface area contributed by atoms with Crippen molar-refractivity contribution in [1.29, 1.82) is 0 Å². The maximum atomic E-state index is 12.6. The molecule has 4 aromatic rings. The Morgan fingerprint density at radius 1 is 1.03 bits per heavy atom. The van der Waals surface area contributed by atoms with Gasteiger partial charge in [0, 0.05) is 6.42 Å². The largest absolute Gasteiger partial charge is 0.364 e. The van der Waals surface area contributed by atoms with Crippen LogP contribution in [0, 0.1) is 0 Å². The molecule has 2 aromatic carbocycles. The molecular weight excluding hydrogens is 413 g/mol. The van der Waals surface area contributed by atoms with Crippen LogP contribution in [0.1, 0.15) is 21.9 Å². The van der Waals surface area contributed by atoms with E-state index < -0.39 is 11.6 Å². The van der Waals surface area contributed by atoms with Crippen molar-refractivity contribution in [3.8, 4) is 5.69 Å². The van der Waals surface area contributed by atoms with Crippen LogP contribution < -0.4 is 11.4 Å². The fraction of sp³-hybridized carbons (Fsp3) is 0.100. The van der Waals surface area contributed by atoms with Crippen LogP contribution in [0.2, 0.25) is 10.0 Å². The maximum absolute atomic E-state index is 12.6. The number of amides is 1. The zero-order chi connectivity index (χ0) is 20.5. The van der Waals surface area contributed by atoms with Crippen molar-refractivity contribution in [2.75, 3.05) is 0 Å². The van der Waals surface area contributed by atoms with E-state index in [1.165, 1.54) is 4.57 Å². The molecule has 2 aromatic heterocycles. The summed E-state index contributed by atoms with van der Waals surface area (Å²) in [5, 5.41) is 0.651. The number of aryl methyl sites for hydroxylation is 2. The van der Waals surface area contributed by atoms with Gasteiger partial charge in [0.2, 0.25) is 0 Å². The van der Waals surface area contributed by atoms with E-state index in [4.69, 9.17) is 28.9 Å². The van der Waals surface area contributed by atoms with Gasteiger partial charge in [0.25, 0.3) is 5.91 Å². The van der Waals surface area contributed by atoms with Crippen molar-refractivity contribution in [2.24, 2.45) is 5.73 Å².